The van der Waals surface area contributed by atoms with Crippen molar-refractivity contribution < 1.29 is 4.74 Å². The summed E-state index contributed by atoms with van der Waals surface area (Å²) in [5.41, 5.74) is 6.03. The summed E-state index contributed by atoms with van der Waals surface area (Å²) in [6.45, 7) is 4.55. The number of pyridine rings is 1. The zero-order valence-corrected chi connectivity index (χ0v) is 22.3. The number of fused-ring (bicyclic) bond motifs is 1. The smallest absolute Gasteiger partial charge is 0.108 e. The number of benzene rings is 3. The molecule has 1 aromatic heterocycles. The van der Waals surface area contributed by atoms with Gasteiger partial charge in [0.15, 0.2) is 0 Å². The van der Waals surface area contributed by atoms with E-state index in [1.54, 1.807) is 18.3 Å². The molecule has 192 valence electrons. The van der Waals surface area contributed by atoms with E-state index in [2.05, 4.69) is 54.4 Å². The molecule has 0 amide bonds. The highest BCUT2D eigenvalue weighted by Gasteiger charge is 2.19. The van der Waals surface area contributed by atoms with Gasteiger partial charge in [-0.25, -0.2) is 0 Å². The molecule has 0 fully saturated rings. The number of ether oxygens (including phenoxy) is 1. The fourth-order valence-corrected chi connectivity index (χ4v) is 4.49. The van der Waals surface area contributed by atoms with E-state index in [1.807, 2.05) is 67.7 Å². The van der Waals surface area contributed by atoms with Crippen LogP contribution in [0.25, 0.3) is 21.9 Å². The van der Waals surface area contributed by atoms with Gasteiger partial charge in [-0.05, 0) is 71.3 Å². The molecule has 0 saturated carbocycles. The van der Waals surface area contributed by atoms with Crippen molar-refractivity contribution in [2.75, 3.05) is 0 Å². The Kier molecular flexibility index (Phi) is 9.57. The summed E-state index contributed by atoms with van der Waals surface area (Å²) in [5.74, 6) is 0. The second kappa shape index (κ2) is 13.7. The highest BCUT2D eigenvalue weighted by Crippen LogP contribution is 2.35. The summed E-state index contributed by atoms with van der Waals surface area (Å²) in [6, 6.07) is 26.0. The number of hydrogen-bond acceptors (Lipinski definition) is 4. The number of aromatic nitrogens is 1. The Bertz CT molecular complexity index is 1590. The number of allylic oxidation sites excluding steroid dienone is 4. The fraction of sp³-hybridized carbons (Fsp3) is 0.171. The van der Waals surface area contributed by atoms with Crippen LogP contribution < -0.4 is 0 Å². The molecule has 0 aliphatic heterocycles. The summed E-state index contributed by atoms with van der Waals surface area (Å²) in [6.07, 6.45) is 15.8. The van der Waals surface area contributed by atoms with Gasteiger partial charge in [0.25, 0.3) is 0 Å². The van der Waals surface area contributed by atoms with Crippen LogP contribution in [-0.2, 0) is 11.3 Å². The highest BCUT2D eigenvalue weighted by molar-refractivity contribution is 5.97. The molecule has 1 atom stereocenters. The summed E-state index contributed by atoms with van der Waals surface area (Å²) < 4.78 is 6.55. The first-order valence-electron chi connectivity index (χ1n) is 13.2. The lowest BCUT2D eigenvalue weighted by Gasteiger charge is -2.21. The molecule has 4 aromatic rings. The SMILES string of the molecule is C\C=C(/C=C\C=C\CCC)C(OCc1ccc(C#N)cc1)c1ccc(C#N)c(-c2cccc3cnccc23)c1. The van der Waals surface area contributed by atoms with Crippen molar-refractivity contribution in [1.29, 1.82) is 10.5 Å². The molecule has 0 N–H and O–H groups in total. The molecule has 0 aliphatic carbocycles. The predicted octanol–water partition coefficient (Wildman–Crippen LogP) is 8.76. The van der Waals surface area contributed by atoms with Gasteiger partial charge in [-0.1, -0.05) is 80.1 Å². The lowest BCUT2D eigenvalue weighted by molar-refractivity contribution is 0.0662. The lowest BCUT2D eigenvalue weighted by atomic mass is 9.91. The van der Waals surface area contributed by atoms with Gasteiger partial charge in [-0.2, -0.15) is 10.5 Å². The van der Waals surface area contributed by atoms with Crippen molar-refractivity contribution in [3.05, 3.63) is 137 Å². The van der Waals surface area contributed by atoms with Gasteiger partial charge in [-0.15, -0.1) is 0 Å². The van der Waals surface area contributed by atoms with Gasteiger partial charge >= 0.3 is 0 Å². The standard InChI is InChI=1S/C35H31N3O/c1-3-5-6-7-8-10-28(4-2)35(39-25-27-15-13-26(22-36)14-16-27)29-17-18-30(23-37)34(21-29)33-12-9-11-31-24-38-20-19-32(31)33/h4,6-21,24,35H,3,5,25H2,1-2H3/b7-6+,10-8-,28-4+. The van der Waals surface area contributed by atoms with Crippen LogP contribution in [0.2, 0.25) is 0 Å². The van der Waals surface area contributed by atoms with Crippen molar-refractivity contribution >= 4 is 10.8 Å². The highest BCUT2D eigenvalue weighted by atomic mass is 16.5. The van der Waals surface area contributed by atoms with E-state index < -0.39 is 0 Å². The van der Waals surface area contributed by atoms with Crippen molar-refractivity contribution in [2.24, 2.45) is 0 Å². The maximum absolute atomic E-state index is 9.97. The summed E-state index contributed by atoms with van der Waals surface area (Å²) in [5, 5.41) is 21.2. The molecule has 0 spiro atoms. The van der Waals surface area contributed by atoms with E-state index in [1.165, 1.54) is 0 Å². The summed E-state index contributed by atoms with van der Waals surface area (Å²) in [4.78, 5) is 4.26. The minimum atomic E-state index is -0.357. The number of rotatable bonds is 10. The lowest BCUT2D eigenvalue weighted by Crippen LogP contribution is -2.08. The fourth-order valence-electron chi connectivity index (χ4n) is 4.49. The molecule has 4 nitrogen and oxygen atoms in total. The van der Waals surface area contributed by atoms with Crippen LogP contribution in [-0.4, -0.2) is 4.98 Å². The molecule has 0 aliphatic rings. The first-order valence-corrected chi connectivity index (χ1v) is 13.2. The molecule has 1 heterocycles. The van der Waals surface area contributed by atoms with Crippen LogP contribution in [0.3, 0.4) is 0 Å². The molecule has 0 radical (unpaired) electrons. The summed E-state index contributed by atoms with van der Waals surface area (Å²) in [7, 11) is 0. The van der Waals surface area contributed by atoms with Crippen molar-refractivity contribution in [1.82, 2.24) is 4.98 Å². The van der Waals surface area contributed by atoms with Crippen LogP contribution in [0.5, 0.6) is 0 Å². The number of hydrogen-bond donors (Lipinski definition) is 0. The van der Waals surface area contributed by atoms with E-state index in [9.17, 15) is 5.26 Å². The third-order valence-electron chi connectivity index (χ3n) is 6.56. The molecule has 0 saturated heterocycles. The van der Waals surface area contributed by atoms with Crippen molar-refractivity contribution in [2.45, 2.75) is 39.4 Å². The number of nitrogens with zero attached hydrogens (tertiary/aromatic N) is 3. The Morgan fingerprint density at radius 1 is 0.974 bits per heavy atom. The minimum absolute atomic E-state index is 0.357. The normalized spacial score (nSPS) is 12.6. The van der Waals surface area contributed by atoms with E-state index in [-0.39, 0.29) is 6.10 Å². The second-order valence-corrected chi connectivity index (χ2v) is 9.18. The Labute approximate surface area is 230 Å². The van der Waals surface area contributed by atoms with E-state index in [0.29, 0.717) is 17.7 Å². The number of nitriles is 2. The molecular weight excluding hydrogens is 478 g/mol. The largest absolute Gasteiger partial charge is 0.364 e. The maximum Gasteiger partial charge on any atom is 0.108 e. The van der Waals surface area contributed by atoms with Crippen molar-refractivity contribution in [3.63, 3.8) is 0 Å². The average Bonchev–Trinajstić information content (AvgIpc) is 2.99. The Balaban J connectivity index is 1.76. The molecule has 0 bridgehead atoms. The average molecular weight is 510 g/mol. The van der Waals surface area contributed by atoms with Gasteiger partial charge in [0, 0.05) is 23.3 Å². The zero-order valence-electron chi connectivity index (χ0n) is 22.3. The van der Waals surface area contributed by atoms with E-state index in [4.69, 9.17) is 10.00 Å². The molecule has 4 rings (SSSR count). The predicted molar refractivity (Wildman–Crippen MR) is 158 cm³/mol. The molecular formula is C35H31N3O. The number of unbranched alkanes of at least 4 members (excludes halogenated alkanes) is 1. The van der Waals surface area contributed by atoms with Gasteiger partial charge in [0.1, 0.15) is 6.10 Å². The monoisotopic (exact) mass is 509 g/mol. The van der Waals surface area contributed by atoms with Crippen LogP contribution >= 0.6 is 0 Å². The van der Waals surface area contributed by atoms with Crippen LogP contribution in [0.1, 0.15) is 55.0 Å². The van der Waals surface area contributed by atoms with Crippen LogP contribution in [0.4, 0.5) is 0 Å². The quantitative estimate of drug-likeness (QED) is 0.200. The first kappa shape index (κ1) is 27.3. The summed E-state index contributed by atoms with van der Waals surface area (Å²) >= 11 is 0. The molecule has 1 unspecified atom stereocenters. The van der Waals surface area contributed by atoms with E-state index in [0.717, 1.165) is 51.4 Å². The molecule has 39 heavy (non-hydrogen) atoms. The van der Waals surface area contributed by atoms with Gasteiger partial charge in [-0.3, -0.25) is 4.98 Å². The molecule has 4 heteroatoms. The first-order chi connectivity index (χ1) is 19.2. The Morgan fingerprint density at radius 3 is 2.56 bits per heavy atom. The third kappa shape index (κ3) is 6.76. The van der Waals surface area contributed by atoms with Crippen LogP contribution in [0, 0.1) is 22.7 Å². The minimum Gasteiger partial charge on any atom is -0.364 e. The molecule has 3 aromatic carbocycles. The van der Waals surface area contributed by atoms with Gasteiger partial charge in [0.05, 0.1) is 29.9 Å². The third-order valence-corrected chi connectivity index (χ3v) is 6.56. The topological polar surface area (TPSA) is 69.7 Å². The maximum atomic E-state index is 9.97. The second-order valence-electron chi connectivity index (χ2n) is 9.18. The van der Waals surface area contributed by atoms with E-state index >= 15 is 0 Å². The van der Waals surface area contributed by atoms with Gasteiger partial charge < -0.3 is 4.74 Å². The van der Waals surface area contributed by atoms with Gasteiger partial charge in [0.2, 0.25) is 0 Å². The zero-order chi connectivity index (χ0) is 27.5. The van der Waals surface area contributed by atoms with Crippen molar-refractivity contribution in [3.8, 4) is 23.3 Å². The van der Waals surface area contributed by atoms with Crippen LogP contribution in [0.15, 0.2) is 115 Å². The Morgan fingerprint density at radius 2 is 1.82 bits per heavy atom. The Hall–Kier alpha value is -4.77.